The molecule has 136 valence electrons. The molecule has 0 spiro atoms. The lowest BCUT2D eigenvalue weighted by atomic mass is 10.3. The number of benzene rings is 1. The van der Waals surface area contributed by atoms with Crippen molar-refractivity contribution in [2.24, 2.45) is 0 Å². The highest BCUT2D eigenvalue weighted by atomic mass is 79.9. The molecular formula is C18H19BrN4O3. The third kappa shape index (κ3) is 4.24. The SMILES string of the molecule is O=C(NC1CC1)c1coc(CN(C(=O)Nc2ccc(Br)cc2)C2CC2)n1. The Morgan fingerprint density at radius 2 is 1.92 bits per heavy atom. The zero-order valence-electron chi connectivity index (χ0n) is 14.1. The van der Waals surface area contributed by atoms with Gasteiger partial charge in [-0.25, -0.2) is 9.78 Å². The Morgan fingerprint density at radius 3 is 2.58 bits per heavy atom. The van der Waals surface area contributed by atoms with E-state index >= 15 is 0 Å². The molecule has 2 fully saturated rings. The molecule has 0 radical (unpaired) electrons. The van der Waals surface area contributed by atoms with Crippen LogP contribution in [0.25, 0.3) is 0 Å². The van der Waals surface area contributed by atoms with Crippen LogP contribution in [0.15, 0.2) is 39.4 Å². The van der Waals surface area contributed by atoms with Gasteiger partial charge in [-0.1, -0.05) is 15.9 Å². The van der Waals surface area contributed by atoms with Crippen LogP contribution in [0.4, 0.5) is 10.5 Å². The molecule has 0 aliphatic heterocycles. The van der Waals surface area contributed by atoms with Gasteiger partial charge in [-0.2, -0.15) is 0 Å². The summed E-state index contributed by atoms with van der Waals surface area (Å²) >= 11 is 3.37. The molecule has 0 bridgehead atoms. The normalized spacial score (nSPS) is 16.2. The number of oxazole rings is 1. The van der Waals surface area contributed by atoms with Gasteiger partial charge in [0, 0.05) is 22.2 Å². The zero-order valence-corrected chi connectivity index (χ0v) is 15.7. The first-order valence-electron chi connectivity index (χ1n) is 8.67. The van der Waals surface area contributed by atoms with Crippen LogP contribution < -0.4 is 10.6 Å². The van der Waals surface area contributed by atoms with E-state index in [9.17, 15) is 9.59 Å². The summed E-state index contributed by atoms with van der Waals surface area (Å²) in [5.41, 5.74) is 0.983. The Labute approximate surface area is 159 Å². The Balaban J connectivity index is 1.40. The molecule has 7 nitrogen and oxygen atoms in total. The van der Waals surface area contributed by atoms with E-state index in [0.29, 0.717) is 5.89 Å². The molecule has 2 N–H and O–H groups in total. The van der Waals surface area contributed by atoms with Crippen molar-refractivity contribution in [1.82, 2.24) is 15.2 Å². The van der Waals surface area contributed by atoms with E-state index in [0.717, 1.165) is 35.8 Å². The van der Waals surface area contributed by atoms with Crippen molar-refractivity contribution in [3.8, 4) is 0 Å². The monoisotopic (exact) mass is 418 g/mol. The quantitative estimate of drug-likeness (QED) is 0.750. The third-order valence-corrected chi connectivity index (χ3v) is 4.88. The molecule has 2 saturated carbocycles. The summed E-state index contributed by atoms with van der Waals surface area (Å²) in [6, 6.07) is 7.66. The topological polar surface area (TPSA) is 87.5 Å². The number of nitrogens with zero attached hydrogens (tertiary/aromatic N) is 2. The van der Waals surface area contributed by atoms with Gasteiger partial charge in [0.25, 0.3) is 5.91 Å². The molecule has 0 atom stereocenters. The van der Waals surface area contributed by atoms with Crippen molar-refractivity contribution in [2.45, 2.75) is 44.3 Å². The highest BCUT2D eigenvalue weighted by molar-refractivity contribution is 9.10. The fraction of sp³-hybridized carbons (Fsp3) is 0.389. The number of halogens is 1. The number of rotatable bonds is 6. The Morgan fingerprint density at radius 1 is 1.19 bits per heavy atom. The Kier molecular flexibility index (Phi) is 4.67. The van der Waals surface area contributed by atoms with Crippen LogP contribution in [0, 0.1) is 0 Å². The van der Waals surface area contributed by atoms with Crippen LogP contribution in [0.3, 0.4) is 0 Å². The van der Waals surface area contributed by atoms with Gasteiger partial charge in [0.1, 0.15) is 6.26 Å². The van der Waals surface area contributed by atoms with Crippen LogP contribution >= 0.6 is 15.9 Å². The number of hydrogen-bond acceptors (Lipinski definition) is 4. The summed E-state index contributed by atoms with van der Waals surface area (Å²) in [7, 11) is 0. The predicted molar refractivity (Wildman–Crippen MR) is 98.7 cm³/mol. The lowest BCUT2D eigenvalue weighted by Crippen LogP contribution is -2.36. The number of carbonyl (C=O) groups excluding carboxylic acids is 2. The third-order valence-electron chi connectivity index (χ3n) is 4.35. The van der Waals surface area contributed by atoms with Gasteiger partial charge in [0.15, 0.2) is 5.69 Å². The number of nitrogens with one attached hydrogen (secondary N) is 2. The molecule has 4 rings (SSSR count). The lowest BCUT2D eigenvalue weighted by Gasteiger charge is -2.21. The summed E-state index contributed by atoms with van der Waals surface area (Å²) in [5, 5.41) is 5.77. The number of urea groups is 1. The van der Waals surface area contributed by atoms with Gasteiger partial charge in [-0.05, 0) is 49.9 Å². The first kappa shape index (κ1) is 17.1. The van der Waals surface area contributed by atoms with Gasteiger partial charge < -0.3 is 20.0 Å². The molecule has 2 aliphatic carbocycles. The van der Waals surface area contributed by atoms with Crippen LogP contribution in [-0.2, 0) is 6.54 Å². The van der Waals surface area contributed by atoms with E-state index in [-0.39, 0.29) is 36.3 Å². The van der Waals surface area contributed by atoms with Crippen LogP contribution in [0.5, 0.6) is 0 Å². The zero-order chi connectivity index (χ0) is 18.1. The van der Waals surface area contributed by atoms with Crippen LogP contribution in [0.2, 0.25) is 0 Å². The fourth-order valence-corrected chi connectivity index (χ4v) is 2.87. The van der Waals surface area contributed by atoms with Gasteiger partial charge >= 0.3 is 6.03 Å². The molecule has 8 heteroatoms. The van der Waals surface area contributed by atoms with Crippen molar-refractivity contribution in [1.29, 1.82) is 0 Å². The average molecular weight is 419 g/mol. The van der Waals surface area contributed by atoms with Gasteiger partial charge in [-0.15, -0.1) is 0 Å². The van der Waals surface area contributed by atoms with E-state index in [4.69, 9.17) is 4.42 Å². The minimum atomic E-state index is -0.222. The van der Waals surface area contributed by atoms with Crippen LogP contribution in [0.1, 0.15) is 42.1 Å². The highest BCUT2D eigenvalue weighted by Gasteiger charge is 2.34. The number of anilines is 1. The number of aromatic nitrogens is 1. The molecule has 26 heavy (non-hydrogen) atoms. The minimum absolute atomic E-state index is 0.182. The average Bonchev–Trinajstić information content (AvgIpc) is 3.55. The van der Waals surface area contributed by atoms with E-state index in [1.807, 2.05) is 24.3 Å². The summed E-state index contributed by atoms with van der Waals surface area (Å²) in [6.45, 7) is 0.240. The van der Waals surface area contributed by atoms with E-state index < -0.39 is 0 Å². The standard InChI is InChI=1S/C18H19BrN4O3/c19-11-1-3-13(4-2-11)21-18(25)23(14-7-8-14)9-16-22-15(10-26-16)17(24)20-12-5-6-12/h1-4,10,12,14H,5-9H2,(H,20,24)(H,21,25). The Bertz CT molecular complexity index is 812. The van der Waals surface area contributed by atoms with Crippen molar-refractivity contribution in [2.75, 3.05) is 5.32 Å². The second-order valence-electron chi connectivity index (χ2n) is 6.67. The number of hydrogen-bond donors (Lipinski definition) is 2. The first-order valence-corrected chi connectivity index (χ1v) is 9.46. The van der Waals surface area contributed by atoms with Crippen molar-refractivity contribution in [3.05, 3.63) is 46.6 Å². The molecule has 2 aromatic rings. The van der Waals surface area contributed by atoms with Crippen molar-refractivity contribution < 1.29 is 14.0 Å². The second kappa shape index (κ2) is 7.11. The maximum atomic E-state index is 12.6. The largest absolute Gasteiger partial charge is 0.446 e. The highest BCUT2D eigenvalue weighted by Crippen LogP contribution is 2.29. The van der Waals surface area contributed by atoms with Crippen LogP contribution in [-0.4, -0.2) is 33.9 Å². The summed E-state index contributed by atoms with van der Waals surface area (Å²) in [6.07, 6.45) is 5.31. The maximum Gasteiger partial charge on any atom is 0.322 e. The minimum Gasteiger partial charge on any atom is -0.446 e. The van der Waals surface area contributed by atoms with Crippen molar-refractivity contribution >= 4 is 33.6 Å². The first-order chi connectivity index (χ1) is 12.6. The summed E-state index contributed by atoms with van der Waals surface area (Å²) in [4.78, 5) is 30.6. The molecule has 1 aromatic heterocycles. The number of amides is 3. The maximum absolute atomic E-state index is 12.6. The smallest absolute Gasteiger partial charge is 0.322 e. The predicted octanol–water partition coefficient (Wildman–Crippen LogP) is 3.53. The molecule has 0 saturated heterocycles. The molecule has 3 amide bonds. The number of carbonyl (C=O) groups is 2. The van der Waals surface area contributed by atoms with Gasteiger partial charge in [0.2, 0.25) is 5.89 Å². The summed E-state index contributed by atoms with van der Waals surface area (Å²) in [5.74, 6) is 0.142. The fourth-order valence-electron chi connectivity index (χ4n) is 2.60. The lowest BCUT2D eigenvalue weighted by molar-refractivity contribution is 0.0946. The van der Waals surface area contributed by atoms with Gasteiger partial charge in [0.05, 0.1) is 6.54 Å². The molecule has 2 aliphatic rings. The molecule has 1 aromatic carbocycles. The second-order valence-corrected chi connectivity index (χ2v) is 7.59. The molecule has 1 heterocycles. The van der Waals surface area contributed by atoms with E-state index in [2.05, 4.69) is 31.5 Å². The Hall–Kier alpha value is -2.35. The van der Waals surface area contributed by atoms with Crippen molar-refractivity contribution in [3.63, 3.8) is 0 Å². The molecular weight excluding hydrogens is 400 g/mol. The summed E-state index contributed by atoms with van der Waals surface area (Å²) < 4.78 is 6.36. The van der Waals surface area contributed by atoms with E-state index in [1.54, 1.807) is 4.90 Å². The van der Waals surface area contributed by atoms with E-state index in [1.165, 1.54) is 6.26 Å². The van der Waals surface area contributed by atoms with Gasteiger partial charge in [-0.3, -0.25) is 4.79 Å². The molecule has 0 unspecified atom stereocenters.